The fourth-order valence-corrected chi connectivity index (χ4v) is 2.21. The summed E-state index contributed by atoms with van der Waals surface area (Å²) in [4.78, 5) is 32.8. The Morgan fingerprint density at radius 3 is 2.60 bits per heavy atom. The zero-order chi connectivity index (χ0) is 14.9. The molecule has 7 nitrogen and oxygen atoms in total. The van der Waals surface area contributed by atoms with E-state index >= 15 is 0 Å². The monoisotopic (exact) mass is 298 g/mol. The van der Waals surface area contributed by atoms with Gasteiger partial charge in [-0.3, -0.25) is 19.7 Å². The first-order chi connectivity index (χ1) is 9.38. The smallest absolute Gasteiger partial charge is 0.306 e. The quantitative estimate of drug-likeness (QED) is 0.651. The predicted octanol–water partition coefficient (Wildman–Crippen LogP) is 1.84. The molecule has 1 aliphatic carbocycles. The number of amides is 1. The molecule has 0 heterocycles. The lowest BCUT2D eigenvalue weighted by atomic mass is 9.80. The third-order valence-electron chi connectivity index (χ3n) is 3.22. The summed E-state index contributed by atoms with van der Waals surface area (Å²) in [5.41, 5.74) is -0.456. The molecular formula is C12H11ClN2O5. The van der Waals surface area contributed by atoms with Crippen LogP contribution >= 0.6 is 11.6 Å². The van der Waals surface area contributed by atoms with Crippen LogP contribution < -0.4 is 5.32 Å². The molecule has 0 aromatic heterocycles. The summed E-state index contributed by atoms with van der Waals surface area (Å²) in [6.45, 7) is 0. The summed E-state index contributed by atoms with van der Waals surface area (Å²) in [7, 11) is 0. The van der Waals surface area contributed by atoms with Crippen molar-refractivity contribution in [2.45, 2.75) is 18.9 Å². The molecule has 0 spiro atoms. The van der Waals surface area contributed by atoms with Gasteiger partial charge in [0.25, 0.3) is 11.6 Å². The van der Waals surface area contributed by atoms with Crippen LogP contribution in [0.1, 0.15) is 23.2 Å². The van der Waals surface area contributed by atoms with Crippen LogP contribution in [0.5, 0.6) is 0 Å². The van der Waals surface area contributed by atoms with Crippen molar-refractivity contribution in [2.24, 2.45) is 5.92 Å². The van der Waals surface area contributed by atoms with Crippen LogP contribution in [-0.2, 0) is 4.79 Å². The number of carboxylic acids is 1. The molecular weight excluding hydrogens is 288 g/mol. The molecule has 2 rings (SSSR count). The average Bonchev–Trinajstić information content (AvgIpc) is 2.32. The molecule has 8 heteroatoms. The molecule has 106 valence electrons. The minimum atomic E-state index is -0.895. The van der Waals surface area contributed by atoms with Crippen molar-refractivity contribution in [1.29, 1.82) is 0 Å². The number of hydrogen-bond acceptors (Lipinski definition) is 4. The number of hydrogen-bond donors (Lipinski definition) is 2. The van der Waals surface area contributed by atoms with Crippen LogP contribution in [0.2, 0.25) is 5.02 Å². The van der Waals surface area contributed by atoms with Crippen molar-refractivity contribution in [2.75, 3.05) is 0 Å². The van der Waals surface area contributed by atoms with Crippen LogP contribution in [-0.4, -0.2) is 27.9 Å². The van der Waals surface area contributed by atoms with E-state index in [1.807, 2.05) is 0 Å². The largest absolute Gasteiger partial charge is 0.481 e. The number of nitro groups is 1. The van der Waals surface area contributed by atoms with Crippen LogP contribution in [0.25, 0.3) is 0 Å². The highest BCUT2D eigenvalue weighted by atomic mass is 35.5. The van der Waals surface area contributed by atoms with Gasteiger partial charge in [0.1, 0.15) is 5.56 Å². The maximum Gasteiger partial charge on any atom is 0.306 e. The molecule has 1 saturated carbocycles. The number of nitro benzene ring substituents is 1. The topological polar surface area (TPSA) is 110 Å². The lowest BCUT2D eigenvalue weighted by Gasteiger charge is -2.32. The maximum absolute atomic E-state index is 12.0. The molecule has 0 saturated heterocycles. The van der Waals surface area contributed by atoms with Crippen LogP contribution in [0.15, 0.2) is 18.2 Å². The van der Waals surface area contributed by atoms with E-state index in [4.69, 9.17) is 16.7 Å². The Kier molecular flexibility index (Phi) is 3.89. The van der Waals surface area contributed by atoms with Crippen molar-refractivity contribution >= 4 is 29.2 Å². The predicted molar refractivity (Wildman–Crippen MR) is 69.7 cm³/mol. The number of aliphatic carboxylic acids is 1. The van der Waals surface area contributed by atoms with Gasteiger partial charge in [-0.25, -0.2) is 0 Å². The Morgan fingerprint density at radius 2 is 2.05 bits per heavy atom. The van der Waals surface area contributed by atoms with Crippen molar-refractivity contribution in [3.05, 3.63) is 38.9 Å². The fourth-order valence-electron chi connectivity index (χ4n) is 2.05. The molecule has 0 aliphatic heterocycles. The number of benzene rings is 1. The fraction of sp³-hybridized carbons (Fsp3) is 0.333. The summed E-state index contributed by atoms with van der Waals surface area (Å²) in [6.07, 6.45) is 0.672. The average molecular weight is 299 g/mol. The van der Waals surface area contributed by atoms with Gasteiger partial charge in [-0.2, -0.15) is 0 Å². The molecule has 0 atom stereocenters. The SMILES string of the molecule is O=C(NC1CC(C(=O)O)C1)c1ccc(Cl)cc1[N+](=O)[O-]. The zero-order valence-corrected chi connectivity index (χ0v) is 11.0. The maximum atomic E-state index is 12.0. The van der Waals surface area contributed by atoms with Gasteiger partial charge < -0.3 is 10.4 Å². The number of carbonyl (C=O) groups is 2. The van der Waals surface area contributed by atoms with Gasteiger partial charge in [0.05, 0.1) is 10.8 Å². The van der Waals surface area contributed by atoms with E-state index < -0.39 is 22.7 Å². The summed E-state index contributed by atoms with van der Waals surface area (Å²) in [5.74, 6) is -1.95. The first kappa shape index (κ1) is 14.3. The molecule has 0 bridgehead atoms. The van der Waals surface area contributed by atoms with Gasteiger partial charge in [0, 0.05) is 17.1 Å². The lowest BCUT2D eigenvalue weighted by Crippen LogP contribution is -2.46. The van der Waals surface area contributed by atoms with E-state index in [-0.39, 0.29) is 22.3 Å². The second kappa shape index (κ2) is 5.46. The minimum absolute atomic E-state index is 0.0850. The molecule has 1 fully saturated rings. The highest BCUT2D eigenvalue weighted by Crippen LogP contribution is 2.29. The van der Waals surface area contributed by atoms with Gasteiger partial charge in [-0.05, 0) is 25.0 Å². The lowest BCUT2D eigenvalue weighted by molar-refractivity contribution is -0.385. The Hall–Kier alpha value is -2.15. The van der Waals surface area contributed by atoms with Crippen LogP contribution in [0.4, 0.5) is 5.69 Å². The molecule has 1 aromatic rings. The highest BCUT2D eigenvalue weighted by molar-refractivity contribution is 6.31. The first-order valence-electron chi connectivity index (χ1n) is 5.86. The highest BCUT2D eigenvalue weighted by Gasteiger charge is 2.36. The van der Waals surface area contributed by atoms with Crippen molar-refractivity contribution < 1.29 is 19.6 Å². The second-order valence-corrected chi connectivity index (χ2v) is 5.03. The summed E-state index contributed by atoms with van der Waals surface area (Å²) in [5, 5.41) is 22.4. The van der Waals surface area contributed by atoms with Crippen LogP contribution in [0.3, 0.4) is 0 Å². The summed E-state index contributed by atoms with van der Waals surface area (Å²) >= 11 is 5.66. The van der Waals surface area contributed by atoms with Gasteiger partial charge in [-0.1, -0.05) is 11.6 Å². The Morgan fingerprint density at radius 1 is 1.40 bits per heavy atom. The molecule has 0 radical (unpaired) electrons. The van der Waals surface area contributed by atoms with Crippen molar-refractivity contribution in [1.82, 2.24) is 5.32 Å². The van der Waals surface area contributed by atoms with Gasteiger partial charge in [0.15, 0.2) is 0 Å². The van der Waals surface area contributed by atoms with Gasteiger partial charge >= 0.3 is 5.97 Å². The summed E-state index contributed by atoms with van der Waals surface area (Å²) in [6, 6.07) is 3.52. The Bertz CT molecular complexity index is 583. The first-order valence-corrected chi connectivity index (χ1v) is 6.24. The second-order valence-electron chi connectivity index (χ2n) is 4.60. The Labute approximate surface area is 118 Å². The number of rotatable bonds is 4. The number of halogens is 1. The number of carbonyl (C=O) groups excluding carboxylic acids is 1. The van der Waals surface area contributed by atoms with E-state index in [0.717, 1.165) is 6.07 Å². The molecule has 1 aromatic carbocycles. The van der Waals surface area contributed by atoms with E-state index in [9.17, 15) is 19.7 Å². The standard InChI is InChI=1S/C12H11ClN2O5/c13-7-1-2-9(10(5-7)15(19)20)11(16)14-8-3-6(4-8)12(17)18/h1-2,5-6,8H,3-4H2,(H,14,16)(H,17,18). The molecule has 0 unspecified atom stereocenters. The van der Waals surface area contributed by atoms with E-state index in [2.05, 4.69) is 5.32 Å². The van der Waals surface area contributed by atoms with E-state index in [1.165, 1.54) is 12.1 Å². The van der Waals surface area contributed by atoms with E-state index in [0.29, 0.717) is 12.8 Å². The zero-order valence-electron chi connectivity index (χ0n) is 10.2. The van der Waals surface area contributed by atoms with Gasteiger partial charge in [0.2, 0.25) is 0 Å². The number of carboxylic acid groups (broad SMARTS) is 1. The normalized spacial score (nSPS) is 20.9. The molecule has 1 aliphatic rings. The molecule has 2 N–H and O–H groups in total. The van der Waals surface area contributed by atoms with Crippen molar-refractivity contribution in [3.8, 4) is 0 Å². The molecule has 1 amide bonds. The van der Waals surface area contributed by atoms with E-state index in [1.54, 1.807) is 0 Å². The molecule has 20 heavy (non-hydrogen) atoms. The van der Waals surface area contributed by atoms with Crippen LogP contribution in [0, 0.1) is 16.0 Å². The number of nitrogens with zero attached hydrogens (tertiary/aromatic N) is 1. The number of nitrogens with one attached hydrogen (secondary N) is 1. The minimum Gasteiger partial charge on any atom is -0.481 e. The van der Waals surface area contributed by atoms with Crippen molar-refractivity contribution in [3.63, 3.8) is 0 Å². The third kappa shape index (κ3) is 2.88. The van der Waals surface area contributed by atoms with Gasteiger partial charge in [-0.15, -0.1) is 0 Å². The third-order valence-corrected chi connectivity index (χ3v) is 3.46. The Balaban J connectivity index is 2.07. The summed E-state index contributed by atoms with van der Waals surface area (Å²) < 4.78 is 0.